The lowest BCUT2D eigenvalue weighted by Gasteiger charge is -2.21. The second-order valence-corrected chi connectivity index (χ2v) is 7.63. The summed E-state index contributed by atoms with van der Waals surface area (Å²) in [6.45, 7) is 4.88. The number of aromatic nitrogens is 3. The topological polar surface area (TPSA) is 96.2 Å². The number of rotatable bonds is 10. The summed E-state index contributed by atoms with van der Waals surface area (Å²) in [5.74, 6) is 0.670. The van der Waals surface area contributed by atoms with Crippen LogP contribution in [0.3, 0.4) is 0 Å². The molecule has 8 nitrogen and oxygen atoms in total. The van der Waals surface area contributed by atoms with Gasteiger partial charge in [-0.05, 0) is 31.2 Å². The highest BCUT2D eigenvalue weighted by atomic mass is 16.3. The molecular weight excluding hydrogens is 394 g/mol. The summed E-state index contributed by atoms with van der Waals surface area (Å²) >= 11 is 0. The molecule has 0 fully saturated rings. The van der Waals surface area contributed by atoms with Crippen LogP contribution in [0.1, 0.15) is 25.5 Å². The highest BCUT2D eigenvalue weighted by Crippen LogP contribution is 2.21. The number of nitrogens with zero attached hydrogens (tertiary/aromatic N) is 3. The average Bonchev–Trinajstić information content (AvgIpc) is 3.42. The number of unbranched alkanes of at least 4 members (excludes halogenated alkanes) is 1. The van der Waals surface area contributed by atoms with Gasteiger partial charge in [0.05, 0.1) is 19.0 Å². The summed E-state index contributed by atoms with van der Waals surface area (Å²) in [4.78, 5) is 30.6. The molecule has 0 unspecified atom stereocenters. The monoisotopic (exact) mass is 421 g/mol. The van der Waals surface area contributed by atoms with E-state index in [0.717, 1.165) is 41.4 Å². The molecule has 0 aliphatic rings. The third-order valence-electron chi connectivity index (χ3n) is 5.35. The van der Waals surface area contributed by atoms with E-state index in [9.17, 15) is 9.59 Å². The smallest absolute Gasteiger partial charge is 0.291 e. The Morgan fingerprint density at radius 2 is 2.06 bits per heavy atom. The average molecular weight is 422 g/mol. The summed E-state index contributed by atoms with van der Waals surface area (Å²) < 4.78 is 6.64. The molecule has 0 saturated heterocycles. The predicted octanol–water partition coefficient (Wildman–Crippen LogP) is 2.89. The lowest BCUT2D eigenvalue weighted by Crippen LogP contribution is -2.38. The summed E-state index contributed by atoms with van der Waals surface area (Å²) in [6, 6.07) is 11.5. The van der Waals surface area contributed by atoms with Gasteiger partial charge in [0.15, 0.2) is 0 Å². The molecule has 1 amide bonds. The van der Waals surface area contributed by atoms with Gasteiger partial charge < -0.3 is 14.7 Å². The zero-order valence-corrected chi connectivity index (χ0v) is 17.6. The van der Waals surface area contributed by atoms with E-state index in [2.05, 4.69) is 27.2 Å². The minimum absolute atomic E-state index is 0.114. The first-order valence-electron chi connectivity index (χ1n) is 10.6. The third kappa shape index (κ3) is 4.86. The molecule has 0 aliphatic carbocycles. The lowest BCUT2D eigenvalue weighted by atomic mass is 10.2. The van der Waals surface area contributed by atoms with Crippen LogP contribution < -0.4 is 10.9 Å². The van der Waals surface area contributed by atoms with Gasteiger partial charge in [-0.3, -0.25) is 14.5 Å². The van der Waals surface area contributed by atoms with E-state index in [1.807, 2.05) is 36.4 Å². The second-order valence-electron chi connectivity index (χ2n) is 7.63. The molecule has 0 atom stereocenters. The van der Waals surface area contributed by atoms with Crippen molar-refractivity contribution in [3.8, 4) is 0 Å². The van der Waals surface area contributed by atoms with Crippen LogP contribution in [0.5, 0.6) is 0 Å². The van der Waals surface area contributed by atoms with Crippen molar-refractivity contribution in [1.29, 1.82) is 0 Å². The number of H-pyrrole nitrogens is 1. The molecule has 3 aromatic heterocycles. The summed E-state index contributed by atoms with van der Waals surface area (Å²) in [7, 11) is 0. The zero-order valence-electron chi connectivity index (χ0n) is 17.6. The molecule has 4 aromatic rings. The van der Waals surface area contributed by atoms with Gasteiger partial charge >= 0.3 is 0 Å². The number of carbonyl (C=O) groups is 1. The zero-order chi connectivity index (χ0) is 21.6. The molecule has 31 heavy (non-hydrogen) atoms. The molecule has 0 radical (unpaired) electrons. The van der Waals surface area contributed by atoms with Crippen LogP contribution in [0.2, 0.25) is 0 Å². The standard InChI is InChI=1S/C23H27N5O3/c1-2-3-11-27(15-17-7-6-13-31-17)12-10-24-21(29)16-28-23(30)22-19(14-25-28)18-8-4-5-9-20(18)26-22/h4-9,13-14,26H,2-3,10-12,15-16H2,1H3,(H,24,29). The molecular formula is C23H27N5O3. The fraction of sp³-hybridized carbons (Fsp3) is 0.348. The molecule has 2 N–H and O–H groups in total. The molecule has 4 rings (SSSR count). The molecule has 0 saturated carbocycles. The van der Waals surface area contributed by atoms with E-state index in [0.29, 0.717) is 25.2 Å². The molecule has 162 valence electrons. The van der Waals surface area contributed by atoms with E-state index in [4.69, 9.17) is 4.42 Å². The van der Waals surface area contributed by atoms with E-state index in [-0.39, 0.29) is 18.0 Å². The van der Waals surface area contributed by atoms with Crippen LogP contribution in [0, 0.1) is 0 Å². The Hall–Kier alpha value is -3.39. The van der Waals surface area contributed by atoms with Gasteiger partial charge in [-0.25, -0.2) is 4.68 Å². The Bertz CT molecular complexity index is 1210. The number of fused-ring (bicyclic) bond motifs is 3. The molecule has 0 aliphatic heterocycles. The molecule has 0 bridgehead atoms. The summed E-state index contributed by atoms with van der Waals surface area (Å²) in [5, 5.41) is 8.81. The molecule has 3 heterocycles. The normalized spacial score (nSPS) is 11.5. The maximum atomic E-state index is 12.8. The molecule has 8 heteroatoms. The van der Waals surface area contributed by atoms with Crippen molar-refractivity contribution in [2.45, 2.75) is 32.9 Å². The number of amides is 1. The van der Waals surface area contributed by atoms with Gasteiger partial charge in [-0.2, -0.15) is 5.10 Å². The largest absolute Gasteiger partial charge is 0.468 e. The number of carbonyl (C=O) groups excluding carboxylic acids is 1. The van der Waals surface area contributed by atoms with Crippen molar-refractivity contribution in [2.75, 3.05) is 19.6 Å². The van der Waals surface area contributed by atoms with Crippen molar-refractivity contribution in [1.82, 2.24) is 25.0 Å². The van der Waals surface area contributed by atoms with Crippen LogP contribution in [0.4, 0.5) is 0 Å². The number of benzene rings is 1. The first-order valence-corrected chi connectivity index (χ1v) is 10.6. The van der Waals surface area contributed by atoms with E-state index >= 15 is 0 Å². The Labute approximate surface area is 179 Å². The summed E-state index contributed by atoms with van der Waals surface area (Å²) in [6.07, 6.45) is 5.49. The highest BCUT2D eigenvalue weighted by molar-refractivity contribution is 6.06. The second kappa shape index (κ2) is 9.61. The predicted molar refractivity (Wildman–Crippen MR) is 120 cm³/mol. The first-order chi connectivity index (χ1) is 15.2. The Morgan fingerprint density at radius 1 is 1.19 bits per heavy atom. The van der Waals surface area contributed by atoms with Crippen LogP contribution >= 0.6 is 0 Å². The lowest BCUT2D eigenvalue weighted by molar-refractivity contribution is -0.121. The number of para-hydroxylation sites is 1. The van der Waals surface area contributed by atoms with Gasteiger partial charge in [-0.15, -0.1) is 0 Å². The third-order valence-corrected chi connectivity index (χ3v) is 5.35. The van der Waals surface area contributed by atoms with Crippen molar-refractivity contribution < 1.29 is 9.21 Å². The van der Waals surface area contributed by atoms with Crippen LogP contribution in [-0.2, 0) is 17.9 Å². The van der Waals surface area contributed by atoms with E-state index in [1.165, 1.54) is 4.68 Å². The van der Waals surface area contributed by atoms with Gasteiger partial charge in [0.1, 0.15) is 17.8 Å². The van der Waals surface area contributed by atoms with Gasteiger partial charge in [0, 0.05) is 29.4 Å². The SMILES string of the molecule is CCCCN(CCNC(=O)Cn1ncc2c([nH]c3ccccc32)c1=O)Cc1ccco1. The summed E-state index contributed by atoms with van der Waals surface area (Å²) in [5.41, 5.74) is 1.04. The Balaban J connectivity index is 1.36. The Morgan fingerprint density at radius 3 is 2.87 bits per heavy atom. The number of nitrogens with one attached hydrogen (secondary N) is 2. The van der Waals surface area contributed by atoms with Crippen molar-refractivity contribution in [2.24, 2.45) is 0 Å². The number of furan rings is 1. The number of hydrogen-bond donors (Lipinski definition) is 2. The minimum atomic E-state index is -0.300. The van der Waals surface area contributed by atoms with Crippen LogP contribution in [0.25, 0.3) is 21.8 Å². The van der Waals surface area contributed by atoms with Crippen molar-refractivity contribution >= 4 is 27.7 Å². The fourth-order valence-electron chi connectivity index (χ4n) is 3.71. The number of aromatic amines is 1. The van der Waals surface area contributed by atoms with Crippen molar-refractivity contribution in [3.63, 3.8) is 0 Å². The highest BCUT2D eigenvalue weighted by Gasteiger charge is 2.13. The maximum absolute atomic E-state index is 12.8. The van der Waals surface area contributed by atoms with Gasteiger partial charge in [0.25, 0.3) is 5.56 Å². The quantitative estimate of drug-likeness (QED) is 0.410. The van der Waals surface area contributed by atoms with E-state index < -0.39 is 0 Å². The fourth-order valence-corrected chi connectivity index (χ4v) is 3.71. The van der Waals surface area contributed by atoms with Crippen LogP contribution in [0.15, 0.2) is 58.1 Å². The van der Waals surface area contributed by atoms with Gasteiger partial charge in [-0.1, -0.05) is 31.5 Å². The van der Waals surface area contributed by atoms with Crippen LogP contribution in [-0.4, -0.2) is 45.2 Å². The van der Waals surface area contributed by atoms with Gasteiger partial charge in [0.2, 0.25) is 5.91 Å². The Kier molecular flexibility index (Phi) is 6.47. The van der Waals surface area contributed by atoms with Crippen molar-refractivity contribution in [3.05, 3.63) is 65.0 Å². The molecule has 1 aromatic carbocycles. The number of hydrogen-bond acceptors (Lipinski definition) is 5. The first kappa shape index (κ1) is 20.9. The maximum Gasteiger partial charge on any atom is 0.291 e. The van der Waals surface area contributed by atoms with E-state index in [1.54, 1.807) is 12.5 Å². The minimum Gasteiger partial charge on any atom is -0.468 e. The molecule has 0 spiro atoms.